The predicted octanol–water partition coefficient (Wildman–Crippen LogP) is 2.38. The van der Waals surface area contributed by atoms with Gasteiger partial charge < -0.3 is 15.4 Å². The molecule has 134 valence electrons. The maximum absolute atomic E-state index is 12.0. The molecule has 2 amide bonds. The second-order valence-corrected chi connectivity index (χ2v) is 5.18. The lowest BCUT2D eigenvalue weighted by atomic mass is 10.1. The Kier molecular flexibility index (Phi) is 5.63. The number of anilines is 2. The van der Waals surface area contributed by atoms with Crippen molar-refractivity contribution in [3.63, 3.8) is 0 Å². The first-order valence-electron chi connectivity index (χ1n) is 7.37. The number of carbonyl (C=O) groups excluding carboxylic acids is 3. The molecule has 2 aromatic carbocycles. The number of non-ortho nitro benzene ring substituents is 1. The third-order valence-electron chi connectivity index (χ3n) is 3.40. The highest BCUT2D eigenvalue weighted by atomic mass is 16.6. The lowest BCUT2D eigenvalue weighted by Gasteiger charge is -2.10. The third kappa shape index (κ3) is 4.41. The van der Waals surface area contributed by atoms with Crippen molar-refractivity contribution in [2.24, 2.45) is 0 Å². The number of rotatable bonds is 5. The summed E-state index contributed by atoms with van der Waals surface area (Å²) in [6, 6.07) is 9.60. The Morgan fingerprint density at radius 2 is 1.62 bits per heavy atom. The van der Waals surface area contributed by atoms with Gasteiger partial charge in [0, 0.05) is 23.4 Å². The van der Waals surface area contributed by atoms with E-state index < -0.39 is 16.7 Å². The van der Waals surface area contributed by atoms with Crippen molar-refractivity contribution in [2.45, 2.75) is 6.92 Å². The molecule has 2 N–H and O–H groups in total. The molecule has 0 aliphatic rings. The van der Waals surface area contributed by atoms with Crippen LogP contribution in [0.5, 0.6) is 5.75 Å². The molecular weight excluding hydrogens is 342 g/mol. The van der Waals surface area contributed by atoms with Gasteiger partial charge in [-0.15, -0.1) is 0 Å². The van der Waals surface area contributed by atoms with Crippen molar-refractivity contribution in [2.75, 3.05) is 17.7 Å². The number of methoxy groups -OCH3 is 1. The van der Waals surface area contributed by atoms with Crippen LogP contribution in [0.1, 0.15) is 17.3 Å². The summed E-state index contributed by atoms with van der Waals surface area (Å²) in [6.07, 6.45) is 0. The molecule has 0 bridgehead atoms. The molecule has 0 saturated carbocycles. The lowest BCUT2D eigenvalue weighted by Crippen LogP contribution is -2.29. The van der Waals surface area contributed by atoms with E-state index in [1.807, 2.05) is 0 Å². The minimum Gasteiger partial charge on any atom is -0.495 e. The van der Waals surface area contributed by atoms with Gasteiger partial charge in [0.1, 0.15) is 5.75 Å². The molecule has 9 nitrogen and oxygen atoms in total. The first kappa shape index (κ1) is 18.6. The van der Waals surface area contributed by atoms with Crippen LogP contribution >= 0.6 is 0 Å². The number of amides is 2. The van der Waals surface area contributed by atoms with E-state index in [1.54, 1.807) is 0 Å². The van der Waals surface area contributed by atoms with Gasteiger partial charge in [-0.05, 0) is 37.3 Å². The van der Waals surface area contributed by atoms with Gasteiger partial charge in [-0.1, -0.05) is 0 Å². The summed E-state index contributed by atoms with van der Waals surface area (Å²) < 4.78 is 5.01. The van der Waals surface area contributed by atoms with Crippen molar-refractivity contribution in [3.8, 4) is 5.75 Å². The van der Waals surface area contributed by atoms with Gasteiger partial charge in [0.2, 0.25) is 0 Å². The van der Waals surface area contributed by atoms with Crippen molar-refractivity contribution in [1.29, 1.82) is 0 Å². The zero-order chi connectivity index (χ0) is 19.3. The Hall–Kier alpha value is -3.75. The number of carbonyl (C=O) groups is 3. The number of ether oxygens (including phenoxy) is 1. The van der Waals surface area contributed by atoms with Crippen molar-refractivity contribution >= 4 is 34.7 Å². The first-order valence-corrected chi connectivity index (χ1v) is 7.37. The SMILES string of the molecule is COc1ccc([N+](=O)[O-])cc1NC(=O)C(=O)Nc1ccc(C(C)=O)cc1. The highest BCUT2D eigenvalue weighted by molar-refractivity contribution is 6.43. The Morgan fingerprint density at radius 1 is 1.00 bits per heavy atom. The van der Waals surface area contributed by atoms with E-state index in [-0.39, 0.29) is 22.9 Å². The first-order chi connectivity index (χ1) is 12.3. The van der Waals surface area contributed by atoms with Crippen molar-refractivity contribution in [1.82, 2.24) is 0 Å². The zero-order valence-electron chi connectivity index (χ0n) is 13.9. The molecule has 0 saturated heterocycles. The lowest BCUT2D eigenvalue weighted by molar-refractivity contribution is -0.384. The van der Waals surface area contributed by atoms with Crippen LogP contribution in [0.15, 0.2) is 42.5 Å². The van der Waals surface area contributed by atoms with Gasteiger partial charge >= 0.3 is 11.8 Å². The minimum atomic E-state index is -1.03. The van der Waals surface area contributed by atoms with Gasteiger partial charge in [0.25, 0.3) is 5.69 Å². The standard InChI is InChI=1S/C17H15N3O6/c1-10(21)11-3-5-12(6-4-11)18-16(22)17(23)19-14-9-13(20(24)25)7-8-15(14)26-2/h3-9H,1-2H3,(H,18,22)(H,19,23). The van der Waals surface area contributed by atoms with E-state index in [0.717, 1.165) is 6.07 Å². The van der Waals surface area contributed by atoms with E-state index in [0.29, 0.717) is 11.3 Å². The number of hydrogen-bond donors (Lipinski definition) is 2. The molecule has 0 spiro atoms. The smallest absolute Gasteiger partial charge is 0.314 e. The van der Waals surface area contributed by atoms with Crippen LogP contribution in [0.25, 0.3) is 0 Å². The van der Waals surface area contributed by atoms with Gasteiger partial charge in [-0.3, -0.25) is 24.5 Å². The molecule has 2 rings (SSSR count). The third-order valence-corrected chi connectivity index (χ3v) is 3.40. The van der Waals surface area contributed by atoms with Crippen molar-refractivity contribution < 1.29 is 24.0 Å². The molecule has 0 aliphatic heterocycles. The highest BCUT2D eigenvalue weighted by Crippen LogP contribution is 2.28. The molecular formula is C17H15N3O6. The van der Waals surface area contributed by atoms with Crippen LogP contribution in [0.3, 0.4) is 0 Å². The molecule has 0 heterocycles. The number of benzene rings is 2. The Balaban J connectivity index is 2.11. The van der Waals surface area contributed by atoms with Crippen LogP contribution in [0, 0.1) is 10.1 Å². The number of nitrogens with one attached hydrogen (secondary N) is 2. The molecule has 0 unspecified atom stereocenters. The Morgan fingerprint density at radius 3 is 2.15 bits per heavy atom. The largest absolute Gasteiger partial charge is 0.495 e. The molecule has 2 aromatic rings. The molecule has 0 aromatic heterocycles. The van der Waals surface area contributed by atoms with Crippen molar-refractivity contribution in [3.05, 3.63) is 58.1 Å². The van der Waals surface area contributed by atoms with E-state index in [9.17, 15) is 24.5 Å². The van der Waals surface area contributed by atoms with Crippen LogP contribution in [-0.2, 0) is 9.59 Å². The van der Waals surface area contributed by atoms with Gasteiger partial charge in [-0.25, -0.2) is 0 Å². The summed E-state index contributed by atoms with van der Waals surface area (Å²) in [5.74, 6) is -1.96. The number of nitro groups is 1. The quantitative estimate of drug-likeness (QED) is 0.366. The van der Waals surface area contributed by atoms with Gasteiger partial charge in [0.05, 0.1) is 17.7 Å². The van der Waals surface area contributed by atoms with Crippen LogP contribution in [0.2, 0.25) is 0 Å². The maximum Gasteiger partial charge on any atom is 0.314 e. The number of ketones is 1. The predicted molar refractivity (Wildman–Crippen MR) is 93.4 cm³/mol. The Bertz CT molecular complexity index is 877. The van der Waals surface area contributed by atoms with Crippen LogP contribution < -0.4 is 15.4 Å². The second kappa shape index (κ2) is 7.88. The summed E-state index contributed by atoms with van der Waals surface area (Å²) in [6.45, 7) is 1.41. The summed E-state index contributed by atoms with van der Waals surface area (Å²) in [7, 11) is 1.33. The fourth-order valence-electron chi connectivity index (χ4n) is 2.06. The minimum absolute atomic E-state index is 0.00576. The normalized spacial score (nSPS) is 9.92. The number of hydrogen-bond acceptors (Lipinski definition) is 6. The van der Waals surface area contributed by atoms with Crippen LogP contribution in [-0.4, -0.2) is 29.6 Å². The topological polar surface area (TPSA) is 128 Å². The Labute approximate surface area is 148 Å². The monoisotopic (exact) mass is 357 g/mol. The number of Topliss-reactive ketones (excluding diaryl/α,β-unsaturated/α-hetero) is 1. The van der Waals surface area contributed by atoms with E-state index in [4.69, 9.17) is 4.74 Å². The number of nitrogens with zero attached hydrogens (tertiary/aromatic N) is 1. The fourth-order valence-corrected chi connectivity index (χ4v) is 2.06. The molecule has 0 aliphatic carbocycles. The average molecular weight is 357 g/mol. The summed E-state index contributed by atoms with van der Waals surface area (Å²) >= 11 is 0. The van der Waals surface area contributed by atoms with Gasteiger partial charge in [-0.2, -0.15) is 0 Å². The van der Waals surface area contributed by atoms with E-state index >= 15 is 0 Å². The second-order valence-electron chi connectivity index (χ2n) is 5.18. The summed E-state index contributed by atoms with van der Waals surface area (Å²) in [5.41, 5.74) is 0.519. The fraction of sp³-hybridized carbons (Fsp3) is 0.118. The maximum atomic E-state index is 12.0. The molecule has 0 fully saturated rings. The molecule has 0 atom stereocenters. The average Bonchev–Trinajstić information content (AvgIpc) is 2.61. The zero-order valence-corrected chi connectivity index (χ0v) is 13.9. The molecule has 9 heteroatoms. The molecule has 0 radical (unpaired) electrons. The van der Waals surface area contributed by atoms with E-state index in [1.165, 1.54) is 50.4 Å². The van der Waals surface area contributed by atoms with Gasteiger partial charge in [0.15, 0.2) is 5.78 Å². The highest BCUT2D eigenvalue weighted by Gasteiger charge is 2.18. The number of nitro benzene ring substituents is 1. The molecule has 26 heavy (non-hydrogen) atoms. The van der Waals surface area contributed by atoms with Crippen LogP contribution in [0.4, 0.5) is 17.1 Å². The summed E-state index contributed by atoms with van der Waals surface area (Å²) in [5, 5.41) is 15.5. The summed E-state index contributed by atoms with van der Waals surface area (Å²) in [4.78, 5) is 45.4. The van der Waals surface area contributed by atoms with E-state index in [2.05, 4.69) is 10.6 Å².